The normalized spacial score (nSPS) is 17.5. The summed E-state index contributed by atoms with van der Waals surface area (Å²) in [7, 11) is 0. The van der Waals surface area contributed by atoms with E-state index in [-0.39, 0.29) is 5.91 Å². The Morgan fingerprint density at radius 1 is 1.37 bits per heavy atom. The van der Waals surface area contributed by atoms with Gasteiger partial charge in [-0.3, -0.25) is 9.78 Å². The Morgan fingerprint density at radius 3 is 2.47 bits per heavy atom. The van der Waals surface area contributed by atoms with Crippen LogP contribution in [0.4, 0.5) is 5.69 Å². The van der Waals surface area contributed by atoms with Crippen LogP contribution in [-0.4, -0.2) is 35.6 Å². The third-order valence-electron chi connectivity index (χ3n) is 3.70. The van der Waals surface area contributed by atoms with Crippen LogP contribution in [0.15, 0.2) is 24.5 Å². The molecule has 1 amide bonds. The lowest BCUT2D eigenvalue weighted by atomic mass is 9.98. The van der Waals surface area contributed by atoms with E-state index in [1.807, 2.05) is 38.4 Å². The molecule has 0 aliphatic carbocycles. The summed E-state index contributed by atoms with van der Waals surface area (Å²) in [6.07, 6.45) is 5.66. The standard InChI is InChI=1S/C14H22N4O/c1-14(2,13(15)19)17-11-5-9-18(10-6-11)12-3-7-16-8-4-12/h3-4,7-8,11,17H,5-6,9-10H2,1-2H3,(H2,15,19). The van der Waals surface area contributed by atoms with Gasteiger partial charge in [-0.2, -0.15) is 0 Å². The molecule has 1 aliphatic heterocycles. The second-order valence-electron chi connectivity index (χ2n) is 5.60. The molecule has 1 aromatic rings. The largest absolute Gasteiger partial charge is 0.371 e. The number of aromatic nitrogens is 1. The molecule has 0 spiro atoms. The van der Waals surface area contributed by atoms with Crippen LogP contribution in [0.2, 0.25) is 0 Å². The van der Waals surface area contributed by atoms with Gasteiger partial charge >= 0.3 is 0 Å². The number of hydrogen-bond donors (Lipinski definition) is 2. The van der Waals surface area contributed by atoms with E-state index in [2.05, 4.69) is 15.2 Å². The summed E-state index contributed by atoms with van der Waals surface area (Å²) in [5.74, 6) is -0.302. The van der Waals surface area contributed by atoms with Crippen molar-refractivity contribution >= 4 is 11.6 Å². The molecule has 1 fully saturated rings. The first kappa shape index (κ1) is 13.8. The molecule has 2 rings (SSSR count). The second-order valence-corrected chi connectivity index (χ2v) is 5.60. The summed E-state index contributed by atoms with van der Waals surface area (Å²) >= 11 is 0. The Morgan fingerprint density at radius 2 is 1.95 bits per heavy atom. The molecule has 2 heterocycles. The van der Waals surface area contributed by atoms with Crippen LogP contribution in [0.5, 0.6) is 0 Å². The minimum atomic E-state index is -0.635. The van der Waals surface area contributed by atoms with Crippen molar-refractivity contribution in [3.05, 3.63) is 24.5 Å². The maximum Gasteiger partial charge on any atom is 0.237 e. The molecule has 1 aliphatic rings. The molecule has 0 radical (unpaired) electrons. The fourth-order valence-electron chi connectivity index (χ4n) is 2.42. The van der Waals surface area contributed by atoms with Crippen molar-refractivity contribution in [1.29, 1.82) is 0 Å². The van der Waals surface area contributed by atoms with Gasteiger partial charge in [-0.15, -0.1) is 0 Å². The number of carbonyl (C=O) groups is 1. The Balaban J connectivity index is 1.88. The Bertz CT molecular complexity index is 424. The van der Waals surface area contributed by atoms with E-state index in [4.69, 9.17) is 5.73 Å². The first-order chi connectivity index (χ1) is 8.99. The summed E-state index contributed by atoms with van der Waals surface area (Å²) in [5, 5.41) is 3.35. The van der Waals surface area contributed by atoms with E-state index >= 15 is 0 Å². The number of pyridine rings is 1. The maximum absolute atomic E-state index is 11.3. The molecular formula is C14H22N4O. The molecule has 0 aromatic carbocycles. The first-order valence-electron chi connectivity index (χ1n) is 6.71. The highest BCUT2D eigenvalue weighted by atomic mass is 16.1. The summed E-state index contributed by atoms with van der Waals surface area (Å²) in [6, 6.07) is 4.41. The highest BCUT2D eigenvalue weighted by Crippen LogP contribution is 2.20. The summed E-state index contributed by atoms with van der Waals surface area (Å²) in [6.45, 7) is 5.64. The number of amides is 1. The summed E-state index contributed by atoms with van der Waals surface area (Å²) in [5.41, 5.74) is 5.96. The van der Waals surface area contributed by atoms with Gasteiger partial charge in [0.15, 0.2) is 0 Å². The van der Waals surface area contributed by atoms with E-state index in [1.165, 1.54) is 5.69 Å². The molecule has 3 N–H and O–H groups in total. The summed E-state index contributed by atoms with van der Waals surface area (Å²) in [4.78, 5) is 17.7. The van der Waals surface area contributed by atoms with Gasteiger partial charge in [0, 0.05) is 37.2 Å². The molecule has 1 saturated heterocycles. The Kier molecular flexibility index (Phi) is 4.04. The zero-order valence-electron chi connectivity index (χ0n) is 11.6. The summed E-state index contributed by atoms with van der Waals surface area (Å²) < 4.78 is 0. The Hall–Kier alpha value is -1.62. The van der Waals surface area contributed by atoms with Gasteiger partial charge in [-0.25, -0.2) is 0 Å². The van der Waals surface area contributed by atoms with Gasteiger partial charge < -0.3 is 16.0 Å². The first-order valence-corrected chi connectivity index (χ1v) is 6.71. The monoisotopic (exact) mass is 262 g/mol. The van der Waals surface area contributed by atoms with Gasteiger partial charge in [0.1, 0.15) is 0 Å². The average Bonchev–Trinajstić information content (AvgIpc) is 2.40. The number of anilines is 1. The molecule has 19 heavy (non-hydrogen) atoms. The molecule has 0 saturated carbocycles. The number of primary amides is 1. The predicted octanol–water partition coefficient (Wildman–Crippen LogP) is 0.904. The molecule has 5 heteroatoms. The second kappa shape index (κ2) is 5.57. The number of carbonyl (C=O) groups excluding carboxylic acids is 1. The fourth-order valence-corrected chi connectivity index (χ4v) is 2.42. The molecule has 5 nitrogen and oxygen atoms in total. The zero-order chi connectivity index (χ0) is 13.9. The van der Waals surface area contributed by atoms with Gasteiger partial charge in [0.25, 0.3) is 0 Å². The molecule has 104 valence electrons. The van der Waals surface area contributed by atoms with Gasteiger partial charge in [0.2, 0.25) is 5.91 Å². The minimum absolute atomic E-state index is 0.302. The lowest BCUT2D eigenvalue weighted by molar-refractivity contribution is -0.123. The lowest BCUT2D eigenvalue weighted by Crippen LogP contribution is -2.56. The van der Waals surface area contributed by atoms with Crippen molar-refractivity contribution in [3.8, 4) is 0 Å². The number of piperidine rings is 1. The molecule has 0 atom stereocenters. The van der Waals surface area contributed by atoms with Crippen LogP contribution in [-0.2, 0) is 4.79 Å². The molecule has 0 unspecified atom stereocenters. The van der Waals surface area contributed by atoms with Crippen molar-refractivity contribution in [3.63, 3.8) is 0 Å². The van der Waals surface area contributed by atoms with E-state index < -0.39 is 5.54 Å². The van der Waals surface area contributed by atoms with Crippen LogP contribution in [0, 0.1) is 0 Å². The SMILES string of the molecule is CC(C)(NC1CCN(c2ccncc2)CC1)C(N)=O. The van der Waals surface area contributed by atoms with Crippen molar-refractivity contribution in [2.75, 3.05) is 18.0 Å². The van der Waals surface area contributed by atoms with Crippen molar-refractivity contribution in [1.82, 2.24) is 10.3 Å². The molecule has 0 bridgehead atoms. The average molecular weight is 262 g/mol. The van der Waals surface area contributed by atoms with Crippen LogP contribution in [0.3, 0.4) is 0 Å². The highest BCUT2D eigenvalue weighted by Gasteiger charge is 2.29. The third-order valence-corrected chi connectivity index (χ3v) is 3.70. The fraction of sp³-hybridized carbons (Fsp3) is 0.571. The van der Waals surface area contributed by atoms with Crippen molar-refractivity contribution in [2.45, 2.75) is 38.3 Å². The van der Waals surface area contributed by atoms with Gasteiger partial charge in [-0.05, 0) is 38.8 Å². The van der Waals surface area contributed by atoms with E-state index in [1.54, 1.807) is 0 Å². The topological polar surface area (TPSA) is 71.2 Å². The Labute approximate surface area is 114 Å². The van der Waals surface area contributed by atoms with E-state index in [0.29, 0.717) is 6.04 Å². The number of nitrogens with zero attached hydrogens (tertiary/aromatic N) is 2. The van der Waals surface area contributed by atoms with Crippen LogP contribution in [0.25, 0.3) is 0 Å². The zero-order valence-corrected chi connectivity index (χ0v) is 11.6. The third kappa shape index (κ3) is 3.44. The smallest absolute Gasteiger partial charge is 0.237 e. The molecular weight excluding hydrogens is 240 g/mol. The maximum atomic E-state index is 11.3. The number of hydrogen-bond acceptors (Lipinski definition) is 4. The van der Waals surface area contributed by atoms with Crippen LogP contribution >= 0.6 is 0 Å². The van der Waals surface area contributed by atoms with Crippen LogP contribution < -0.4 is 16.0 Å². The predicted molar refractivity (Wildman–Crippen MR) is 75.9 cm³/mol. The van der Waals surface area contributed by atoms with E-state index in [0.717, 1.165) is 25.9 Å². The number of nitrogens with one attached hydrogen (secondary N) is 1. The van der Waals surface area contributed by atoms with Crippen LogP contribution in [0.1, 0.15) is 26.7 Å². The highest BCUT2D eigenvalue weighted by molar-refractivity contribution is 5.83. The van der Waals surface area contributed by atoms with Gasteiger partial charge in [0.05, 0.1) is 5.54 Å². The quantitative estimate of drug-likeness (QED) is 0.846. The van der Waals surface area contributed by atoms with Gasteiger partial charge in [-0.1, -0.05) is 0 Å². The van der Waals surface area contributed by atoms with E-state index in [9.17, 15) is 4.79 Å². The number of nitrogens with two attached hydrogens (primary N) is 1. The van der Waals surface area contributed by atoms with Crippen molar-refractivity contribution in [2.24, 2.45) is 5.73 Å². The van der Waals surface area contributed by atoms with Crippen molar-refractivity contribution < 1.29 is 4.79 Å². The number of rotatable bonds is 4. The molecule has 1 aromatic heterocycles. The lowest BCUT2D eigenvalue weighted by Gasteiger charge is -2.37. The minimum Gasteiger partial charge on any atom is -0.371 e.